The largest absolute Gasteiger partial charge is 0.393 e. The fourth-order valence-electron chi connectivity index (χ4n) is 6.53. The monoisotopic (exact) mass is 288 g/mol. The Balaban J connectivity index is 1.69. The Bertz CT molecular complexity index is 508. The lowest BCUT2D eigenvalue weighted by Gasteiger charge is -2.57. The van der Waals surface area contributed by atoms with Gasteiger partial charge < -0.3 is 5.11 Å². The summed E-state index contributed by atoms with van der Waals surface area (Å²) in [6.07, 6.45) is 10.7. The van der Waals surface area contributed by atoms with Gasteiger partial charge in [-0.15, -0.1) is 0 Å². The highest BCUT2D eigenvalue weighted by Gasteiger charge is 2.58. The van der Waals surface area contributed by atoms with Gasteiger partial charge >= 0.3 is 0 Å². The van der Waals surface area contributed by atoms with E-state index < -0.39 is 0 Å². The van der Waals surface area contributed by atoms with Crippen LogP contribution in [0.5, 0.6) is 0 Å². The maximum Gasteiger partial charge on any atom is 0.155 e. The van der Waals surface area contributed by atoms with Crippen molar-refractivity contribution in [3.63, 3.8) is 0 Å². The first kappa shape index (κ1) is 14.0. The molecule has 2 nitrogen and oxygen atoms in total. The van der Waals surface area contributed by atoms with E-state index in [0.29, 0.717) is 11.7 Å². The van der Waals surface area contributed by atoms with Crippen molar-refractivity contribution in [2.45, 2.75) is 71.3 Å². The van der Waals surface area contributed by atoms with Gasteiger partial charge in [0.2, 0.25) is 0 Å². The molecular formula is C19H28O2. The molecule has 116 valence electrons. The maximum absolute atomic E-state index is 11.8. The Kier molecular flexibility index (Phi) is 2.96. The fourth-order valence-corrected chi connectivity index (χ4v) is 6.53. The molecule has 21 heavy (non-hydrogen) atoms. The summed E-state index contributed by atoms with van der Waals surface area (Å²) in [5, 5.41) is 10.4. The van der Waals surface area contributed by atoms with E-state index in [1.54, 1.807) is 0 Å². The van der Waals surface area contributed by atoms with Gasteiger partial charge in [0, 0.05) is 6.42 Å². The van der Waals surface area contributed by atoms with Crippen LogP contribution in [0.2, 0.25) is 0 Å². The highest BCUT2D eigenvalue weighted by molar-refractivity contribution is 5.91. The molecule has 4 rings (SSSR count). The molecule has 0 saturated heterocycles. The van der Waals surface area contributed by atoms with Crippen LogP contribution >= 0.6 is 0 Å². The molecule has 6 atom stereocenters. The van der Waals surface area contributed by atoms with Crippen molar-refractivity contribution in [1.29, 1.82) is 0 Å². The van der Waals surface area contributed by atoms with Gasteiger partial charge in [-0.1, -0.05) is 19.4 Å². The van der Waals surface area contributed by atoms with Gasteiger partial charge in [0.05, 0.1) is 6.10 Å². The molecule has 0 heterocycles. The second kappa shape index (κ2) is 4.44. The van der Waals surface area contributed by atoms with Gasteiger partial charge in [0.25, 0.3) is 0 Å². The van der Waals surface area contributed by atoms with Crippen molar-refractivity contribution in [2.24, 2.45) is 28.6 Å². The minimum Gasteiger partial charge on any atom is -0.393 e. The molecule has 4 aliphatic carbocycles. The number of allylic oxidation sites excluding steroid dienone is 1. The van der Waals surface area contributed by atoms with Crippen molar-refractivity contribution in [1.82, 2.24) is 0 Å². The summed E-state index contributed by atoms with van der Waals surface area (Å²) in [7, 11) is 0. The number of hydrogen-bond acceptors (Lipinski definition) is 2. The molecule has 0 aromatic heterocycles. The molecule has 0 aliphatic heterocycles. The van der Waals surface area contributed by atoms with Crippen molar-refractivity contribution in [3.05, 3.63) is 11.6 Å². The number of fused-ring (bicyclic) bond motifs is 5. The van der Waals surface area contributed by atoms with Crippen LogP contribution in [0, 0.1) is 28.6 Å². The Morgan fingerprint density at radius 3 is 2.67 bits per heavy atom. The average molecular weight is 288 g/mol. The number of ketones is 1. The first-order valence-corrected chi connectivity index (χ1v) is 8.87. The third kappa shape index (κ3) is 1.78. The van der Waals surface area contributed by atoms with Gasteiger partial charge in [0.1, 0.15) is 0 Å². The molecule has 0 radical (unpaired) electrons. The van der Waals surface area contributed by atoms with E-state index in [2.05, 4.69) is 13.8 Å². The first-order chi connectivity index (χ1) is 9.95. The average Bonchev–Trinajstić information content (AvgIpc) is 2.76. The molecule has 0 aromatic rings. The summed E-state index contributed by atoms with van der Waals surface area (Å²) in [6.45, 7) is 4.76. The second-order valence-electron chi connectivity index (χ2n) is 8.61. The maximum atomic E-state index is 11.8. The summed E-state index contributed by atoms with van der Waals surface area (Å²) >= 11 is 0. The van der Waals surface area contributed by atoms with E-state index in [0.717, 1.165) is 37.5 Å². The summed E-state index contributed by atoms with van der Waals surface area (Å²) < 4.78 is 0. The third-order valence-corrected chi connectivity index (χ3v) is 7.91. The van der Waals surface area contributed by atoms with Crippen molar-refractivity contribution >= 4 is 5.78 Å². The van der Waals surface area contributed by atoms with Gasteiger partial charge in [-0.3, -0.25) is 4.79 Å². The molecule has 0 amide bonds. The Labute approximate surface area is 128 Å². The number of carbonyl (C=O) groups is 1. The number of rotatable bonds is 0. The van der Waals surface area contributed by atoms with E-state index in [4.69, 9.17) is 0 Å². The molecule has 3 fully saturated rings. The van der Waals surface area contributed by atoms with Crippen LogP contribution in [0.3, 0.4) is 0 Å². The molecule has 0 spiro atoms. The van der Waals surface area contributed by atoms with Gasteiger partial charge in [0.15, 0.2) is 5.78 Å². The van der Waals surface area contributed by atoms with Crippen LogP contribution in [0.4, 0.5) is 0 Å². The molecule has 2 heteroatoms. The smallest absolute Gasteiger partial charge is 0.155 e. The normalized spacial score (nSPS) is 52.7. The van der Waals surface area contributed by atoms with Crippen molar-refractivity contribution in [3.8, 4) is 0 Å². The number of aliphatic hydroxyl groups excluding tert-OH is 1. The summed E-state index contributed by atoms with van der Waals surface area (Å²) in [5.41, 5.74) is 1.89. The van der Waals surface area contributed by atoms with E-state index in [-0.39, 0.29) is 16.9 Å². The van der Waals surface area contributed by atoms with Gasteiger partial charge in [-0.05, 0) is 79.6 Å². The van der Waals surface area contributed by atoms with E-state index >= 15 is 0 Å². The molecule has 1 N–H and O–H groups in total. The molecular weight excluding hydrogens is 260 g/mol. The lowest BCUT2D eigenvalue weighted by molar-refractivity contribution is -0.118. The fraction of sp³-hybridized carbons (Fsp3) is 0.842. The van der Waals surface area contributed by atoms with E-state index in [1.165, 1.54) is 31.3 Å². The number of hydrogen-bond donors (Lipinski definition) is 1. The molecule has 0 unspecified atom stereocenters. The van der Waals surface area contributed by atoms with Crippen LogP contribution in [-0.4, -0.2) is 17.0 Å². The quantitative estimate of drug-likeness (QED) is 0.734. The van der Waals surface area contributed by atoms with Gasteiger partial charge in [-0.2, -0.15) is 0 Å². The lowest BCUT2D eigenvalue weighted by atomic mass is 9.47. The Morgan fingerprint density at radius 2 is 1.86 bits per heavy atom. The van der Waals surface area contributed by atoms with Crippen molar-refractivity contribution in [2.75, 3.05) is 0 Å². The van der Waals surface area contributed by atoms with Crippen LogP contribution in [0.25, 0.3) is 0 Å². The van der Waals surface area contributed by atoms with Gasteiger partial charge in [-0.25, -0.2) is 0 Å². The van der Waals surface area contributed by atoms with E-state index in [1.807, 2.05) is 6.08 Å². The predicted octanol–water partition coefficient (Wildman–Crippen LogP) is 3.88. The predicted molar refractivity (Wildman–Crippen MR) is 82.7 cm³/mol. The van der Waals surface area contributed by atoms with Crippen LogP contribution in [0.1, 0.15) is 65.2 Å². The SMILES string of the molecule is C[C@@]12CC[C@H]3[C@H](CCC4=CC(=O)CC[C@]43C)[C@H]1CC[C@@H]2O. The zero-order chi connectivity index (χ0) is 14.8. The number of aliphatic hydroxyl groups is 1. The van der Waals surface area contributed by atoms with Crippen LogP contribution in [-0.2, 0) is 4.79 Å². The number of carbonyl (C=O) groups excluding carboxylic acids is 1. The topological polar surface area (TPSA) is 37.3 Å². The summed E-state index contributed by atoms with van der Waals surface area (Å²) in [5.74, 6) is 2.57. The molecule has 4 aliphatic rings. The van der Waals surface area contributed by atoms with Crippen molar-refractivity contribution < 1.29 is 9.90 Å². The van der Waals surface area contributed by atoms with Crippen LogP contribution < -0.4 is 0 Å². The Morgan fingerprint density at radius 1 is 1.05 bits per heavy atom. The summed E-state index contributed by atoms with van der Waals surface area (Å²) in [6, 6.07) is 0. The lowest BCUT2D eigenvalue weighted by Crippen LogP contribution is -2.51. The zero-order valence-electron chi connectivity index (χ0n) is 13.4. The van der Waals surface area contributed by atoms with E-state index in [9.17, 15) is 9.90 Å². The Hall–Kier alpha value is -0.630. The molecule has 3 saturated carbocycles. The summed E-state index contributed by atoms with van der Waals surface area (Å²) in [4.78, 5) is 11.8. The highest BCUT2D eigenvalue weighted by Crippen LogP contribution is 2.65. The standard InChI is InChI=1S/C19H28O2/c1-18-9-7-13(20)11-12(18)3-4-14-15-5-6-17(21)19(15,2)10-8-16(14)18/h11,14-17,21H,3-10H2,1-2H3/t14-,15-,16+,17+,18-,19-/m1/s1. The third-order valence-electron chi connectivity index (χ3n) is 7.91. The minimum absolute atomic E-state index is 0.0823. The first-order valence-electron chi connectivity index (χ1n) is 8.87. The molecule has 0 bridgehead atoms. The molecule has 0 aromatic carbocycles. The highest BCUT2D eigenvalue weighted by atomic mass is 16.3. The minimum atomic E-state index is -0.0823. The zero-order valence-corrected chi connectivity index (χ0v) is 13.4. The second-order valence-corrected chi connectivity index (χ2v) is 8.61. The van der Waals surface area contributed by atoms with Crippen LogP contribution in [0.15, 0.2) is 11.6 Å².